The SMILES string of the molecule is NC(=O)[C@@H]1N(C(=O)[CH]Cc2ccc(Cl)cc2)CCN2C(=O)N(CC(F)(F)F)C(=O)[C@]12Cc1ccccn1. The number of carbonyl (C=O) groups is 4. The number of aromatic nitrogens is 1. The van der Waals surface area contributed by atoms with E-state index in [9.17, 15) is 32.3 Å². The monoisotopic (exact) mass is 536 g/mol. The molecule has 0 unspecified atom stereocenters. The maximum Gasteiger partial charge on any atom is 0.406 e. The van der Waals surface area contributed by atoms with Crippen molar-refractivity contribution in [2.75, 3.05) is 19.6 Å². The van der Waals surface area contributed by atoms with E-state index >= 15 is 0 Å². The molecule has 0 saturated carbocycles. The lowest BCUT2D eigenvalue weighted by Gasteiger charge is -2.49. The van der Waals surface area contributed by atoms with E-state index in [2.05, 4.69) is 4.98 Å². The maximum absolute atomic E-state index is 13.6. The summed E-state index contributed by atoms with van der Waals surface area (Å²) in [5, 5.41) is 0.504. The van der Waals surface area contributed by atoms with Gasteiger partial charge in [0.25, 0.3) is 5.91 Å². The van der Waals surface area contributed by atoms with Crippen molar-refractivity contribution in [3.63, 3.8) is 0 Å². The zero-order valence-electron chi connectivity index (χ0n) is 19.3. The van der Waals surface area contributed by atoms with Gasteiger partial charge in [0, 0.05) is 36.4 Å². The first kappa shape index (κ1) is 26.4. The number of nitrogens with two attached hydrogens (primary N) is 1. The van der Waals surface area contributed by atoms with E-state index in [0.717, 1.165) is 15.4 Å². The van der Waals surface area contributed by atoms with E-state index in [1.54, 1.807) is 36.4 Å². The van der Waals surface area contributed by atoms with Crippen LogP contribution < -0.4 is 5.73 Å². The molecule has 2 aliphatic rings. The molecule has 0 aliphatic carbocycles. The lowest BCUT2D eigenvalue weighted by atomic mass is 9.79. The van der Waals surface area contributed by atoms with Gasteiger partial charge in [0.05, 0.1) is 6.42 Å². The fourth-order valence-corrected chi connectivity index (χ4v) is 4.97. The third-order valence-corrected chi connectivity index (χ3v) is 6.63. The Morgan fingerprint density at radius 2 is 1.84 bits per heavy atom. The number of piperazine rings is 1. The van der Waals surface area contributed by atoms with Crippen LogP contribution in [0.5, 0.6) is 0 Å². The van der Waals surface area contributed by atoms with Gasteiger partial charge in [-0.05, 0) is 36.2 Å². The topological polar surface area (TPSA) is 117 Å². The molecular formula is C24H22ClF3N5O4. The summed E-state index contributed by atoms with van der Waals surface area (Å²) in [5.41, 5.74) is 4.46. The maximum atomic E-state index is 13.6. The first-order valence-corrected chi connectivity index (χ1v) is 11.6. The number of amides is 5. The second kappa shape index (κ2) is 10.0. The highest BCUT2D eigenvalue weighted by Crippen LogP contribution is 2.40. The van der Waals surface area contributed by atoms with Crippen LogP contribution >= 0.6 is 11.6 Å². The summed E-state index contributed by atoms with van der Waals surface area (Å²) >= 11 is 5.88. The summed E-state index contributed by atoms with van der Waals surface area (Å²) in [7, 11) is 0. The van der Waals surface area contributed by atoms with Crippen molar-refractivity contribution in [3.05, 3.63) is 71.4 Å². The van der Waals surface area contributed by atoms with Crippen LogP contribution in [0.2, 0.25) is 5.02 Å². The Morgan fingerprint density at radius 3 is 2.43 bits per heavy atom. The highest BCUT2D eigenvalue weighted by molar-refractivity contribution is 6.30. The Bertz CT molecular complexity index is 1210. The third-order valence-electron chi connectivity index (χ3n) is 6.38. The number of benzene rings is 1. The number of imide groups is 1. The summed E-state index contributed by atoms with van der Waals surface area (Å²) in [6, 6.07) is 8.42. The Hall–Kier alpha value is -3.67. The average molecular weight is 537 g/mol. The molecule has 0 spiro atoms. The van der Waals surface area contributed by atoms with Gasteiger partial charge >= 0.3 is 12.2 Å². The first-order valence-electron chi connectivity index (χ1n) is 11.2. The number of alkyl halides is 3. The van der Waals surface area contributed by atoms with Crippen LogP contribution in [-0.4, -0.2) is 80.8 Å². The van der Waals surface area contributed by atoms with E-state index in [1.807, 2.05) is 0 Å². The minimum absolute atomic E-state index is 0.0598. The van der Waals surface area contributed by atoms with Crippen LogP contribution in [0.1, 0.15) is 11.3 Å². The molecule has 2 saturated heterocycles. The van der Waals surface area contributed by atoms with E-state index in [1.165, 1.54) is 18.7 Å². The Labute approximate surface area is 215 Å². The second-order valence-electron chi connectivity index (χ2n) is 8.73. The Kier molecular flexibility index (Phi) is 7.13. The molecule has 2 aromatic rings. The van der Waals surface area contributed by atoms with Crippen LogP contribution in [0.15, 0.2) is 48.7 Å². The van der Waals surface area contributed by atoms with Crippen LogP contribution in [0.3, 0.4) is 0 Å². The van der Waals surface area contributed by atoms with E-state index in [-0.39, 0.29) is 30.1 Å². The predicted molar refractivity (Wildman–Crippen MR) is 125 cm³/mol. The number of primary amides is 1. The minimum Gasteiger partial charge on any atom is -0.368 e. The van der Waals surface area contributed by atoms with Gasteiger partial charge in [-0.2, -0.15) is 13.2 Å². The Balaban J connectivity index is 1.72. The average Bonchev–Trinajstić information content (AvgIpc) is 3.03. The summed E-state index contributed by atoms with van der Waals surface area (Å²) in [6.45, 7) is -2.34. The zero-order chi connectivity index (χ0) is 27.0. The fourth-order valence-electron chi connectivity index (χ4n) is 4.84. The molecule has 13 heteroatoms. The normalized spacial score (nSPS) is 21.8. The molecule has 2 aliphatic heterocycles. The first-order chi connectivity index (χ1) is 17.4. The van der Waals surface area contributed by atoms with Crippen molar-refractivity contribution < 1.29 is 32.3 Å². The molecular weight excluding hydrogens is 515 g/mol. The molecule has 2 N–H and O–H groups in total. The molecule has 1 aromatic carbocycles. The van der Waals surface area contributed by atoms with Crippen LogP contribution in [-0.2, 0) is 27.2 Å². The molecule has 4 rings (SSSR count). The summed E-state index contributed by atoms with van der Waals surface area (Å²) in [5.74, 6) is -3.06. The van der Waals surface area contributed by atoms with E-state index in [0.29, 0.717) is 5.02 Å². The fraction of sp³-hybridized carbons (Fsp3) is 0.333. The van der Waals surface area contributed by atoms with E-state index < -0.39 is 54.5 Å². The summed E-state index contributed by atoms with van der Waals surface area (Å²) in [4.78, 5) is 58.9. The third kappa shape index (κ3) is 5.10. The van der Waals surface area contributed by atoms with Crippen molar-refractivity contribution in [1.82, 2.24) is 19.7 Å². The summed E-state index contributed by atoms with van der Waals surface area (Å²) in [6.07, 6.45) is -2.46. The van der Waals surface area contributed by atoms with Gasteiger partial charge in [-0.1, -0.05) is 29.8 Å². The molecule has 1 radical (unpaired) electrons. The molecule has 9 nitrogen and oxygen atoms in total. The van der Waals surface area contributed by atoms with Crippen molar-refractivity contribution in [3.8, 4) is 0 Å². The molecule has 37 heavy (non-hydrogen) atoms. The van der Waals surface area contributed by atoms with Gasteiger partial charge in [-0.3, -0.25) is 24.3 Å². The number of hydrogen-bond acceptors (Lipinski definition) is 5. The number of halogens is 4. The van der Waals surface area contributed by atoms with Gasteiger partial charge in [0.1, 0.15) is 12.6 Å². The minimum atomic E-state index is -4.88. The highest BCUT2D eigenvalue weighted by atomic mass is 35.5. The van der Waals surface area contributed by atoms with Crippen molar-refractivity contribution in [2.24, 2.45) is 5.73 Å². The van der Waals surface area contributed by atoms with Crippen LogP contribution in [0.4, 0.5) is 18.0 Å². The smallest absolute Gasteiger partial charge is 0.368 e. The van der Waals surface area contributed by atoms with Gasteiger partial charge in [-0.25, -0.2) is 4.79 Å². The number of fused-ring (bicyclic) bond motifs is 1. The molecule has 0 bridgehead atoms. The van der Waals surface area contributed by atoms with Crippen molar-refractivity contribution >= 4 is 35.4 Å². The van der Waals surface area contributed by atoms with Gasteiger partial charge in [0.15, 0.2) is 5.54 Å². The molecule has 3 heterocycles. The Morgan fingerprint density at radius 1 is 1.14 bits per heavy atom. The largest absolute Gasteiger partial charge is 0.406 e. The van der Waals surface area contributed by atoms with Crippen LogP contribution in [0, 0.1) is 6.42 Å². The molecule has 195 valence electrons. The second-order valence-corrected chi connectivity index (χ2v) is 9.17. The highest BCUT2D eigenvalue weighted by Gasteiger charge is 2.67. The molecule has 2 fully saturated rings. The standard InChI is InChI=1S/C24H22ClF3N5O4/c25-16-7-4-15(5-8-16)6-9-18(34)31-11-12-33-22(37)32(14-24(26,27)28)21(36)23(33,19(31)20(29)35)13-17-3-1-2-10-30-17/h1-5,7-10,19H,6,11-14H2,(H2,29,35)/t19-,23-/m0/s1. The molecule has 5 amide bonds. The lowest BCUT2D eigenvalue weighted by molar-refractivity contribution is -0.161. The van der Waals surface area contributed by atoms with Gasteiger partial charge in [-0.15, -0.1) is 0 Å². The number of urea groups is 1. The number of carbonyl (C=O) groups excluding carboxylic acids is 4. The summed E-state index contributed by atoms with van der Waals surface area (Å²) < 4.78 is 39.9. The predicted octanol–water partition coefficient (Wildman–Crippen LogP) is 1.99. The van der Waals surface area contributed by atoms with Crippen molar-refractivity contribution in [2.45, 2.75) is 30.6 Å². The quantitative estimate of drug-likeness (QED) is 0.543. The van der Waals surface area contributed by atoms with Crippen LogP contribution in [0.25, 0.3) is 0 Å². The lowest BCUT2D eigenvalue weighted by Crippen LogP contribution is -2.74. The number of hydrogen-bond donors (Lipinski definition) is 1. The number of pyridine rings is 1. The van der Waals surface area contributed by atoms with Gasteiger partial charge < -0.3 is 15.5 Å². The zero-order valence-corrected chi connectivity index (χ0v) is 20.1. The van der Waals surface area contributed by atoms with Crippen molar-refractivity contribution in [1.29, 1.82) is 0 Å². The number of rotatable bonds is 7. The van der Waals surface area contributed by atoms with Gasteiger partial charge in [0.2, 0.25) is 11.8 Å². The molecule has 1 aromatic heterocycles. The van der Waals surface area contributed by atoms with E-state index in [4.69, 9.17) is 17.3 Å². The number of nitrogens with zero attached hydrogens (tertiary/aromatic N) is 4. The molecule has 2 atom stereocenters.